The number of hydrogen-bond donors (Lipinski definition) is 1. The third-order valence-corrected chi connectivity index (χ3v) is 3.29. The third-order valence-electron chi connectivity index (χ3n) is 2.80. The summed E-state index contributed by atoms with van der Waals surface area (Å²) in [5.41, 5.74) is 0.199. The van der Waals surface area contributed by atoms with Crippen LogP contribution in [0.15, 0.2) is 22.7 Å². The number of carboxylic acid groups (broad SMARTS) is 1. The van der Waals surface area contributed by atoms with E-state index in [-0.39, 0.29) is 5.56 Å². The Bertz CT molecular complexity index is 386. The van der Waals surface area contributed by atoms with E-state index in [4.69, 9.17) is 9.84 Å². The summed E-state index contributed by atoms with van der Waals surface area (Å²) in [7, 11) is 0. The second-order valence-corrected chi connectivity index (χ2v) is 4.85. The molecular weight excluding hydrogens is 284 g/mol. The highest BCUT2D eigenvalue weighted by molar-refractivity contribution is 9.10. The van der Waals surface area contributed by atoms with Crippen LogP contribution in [0.4, 0.5) is 0 Å². The van der Waals surface area contributed by atoms with Gasteiger partial charge in [-0.15, -0.1) is 0 Å². The second kappa shape index (κ2) is 6.64. The molecule has 0 aliphatic carbocycles. The van der Waals surface area contributed by atoms with Crippen molar-refractivity contribution in [3.8, 4) is 5.75 Å². The van der Waals surface area contributed by atoms with Crippen molar-refractivity contribution in [3.05, 3.63) is 28.2 Å². The Kier molecular flexibility index (Phi) is 5.48. The first-order chi connectivity index (χ1) is 8.08. The van der Waals surface area contributed by atoms with Crippen molar-refractivity contribution in [2.75, 3.05) is 6.61 Å². The van der Waals surface area contributed by atoms with Crippen LogP contribution in [0.3, 0.4) is 0 Å². The van der Waals surface area contributed by atoms with Crippen molar-refractivity contribution in [3.63, 3.8) is 0 Å². The number of carbonyl (C=O) groups is 1. The van der Waals surface area contributed by atoms with Crippen molar-refractivity contribution in [2.45, 2.75) is 26.7 Å². The summed E-state index contributed by atoms with van der Waals surface area (Å²) in [5.74, 6) is -0.0567. The average Bonchev–Trinajstić information content (AvgIpc) is 2.31. The number of benzene rings is 1. The van der Waals surface area contributed by atoms with Crippen LogP contribution in [0.2, 0.25) is 0 Å². The lowest BCUT2D eigenvalue weighted by molar-refractivity contribution is 0.0691. The summed E-state index contributed by atoms with van der Waals surface area (Å²) in [5, 5.41) is 9.07. The Labute approximate surface area is 110 Å². The SMILES string of the molecule is CCC(CC)COc1ccc(Br)cc1C(=O)O. The maximum atomic E-state index is 11.1. The summed E-state index contributed by atoms with van der Waals surface area (Å²) in [6.07, 6.45) is 2.07. The van der Waals surface area contributed by atoms with E-state index >= 15 is 0 Å². The van der Waals surface area contributed by atoms with Crippen molar-refractivity contribution in [1.82, 2.24) is 0 Å². The molecule has 0 amide bonds. The lowest BCUT2D eigenvalue weighted by Gasteiger charge is -2.15. The molecule has 0 spiro atoms. The Hall–Kier alpha value is -1.03. The number of halogens is 1. The topological polar surface area (TPSA) is 46.5 Å². The van der Waals surface area contributed by atoms with Crippen LogP contribution < -0.4 is 4.74 Å². The Morgan fingerprint density at radius 1 is 1.41 bits per heavy atom. The van der Waals surface area contributed by atoms with Gasteiger partial charge in [-0.1, -0.05) is 42.6 Å². The molecular formula is C13H17BrO3. The molecule has 0 saturated heterocycles. The highest BCUT2D eigenvalue weighted by Gasteiger charge is 2.13. The molecule has 17 heavy (non-hydrogen) atoms. The van der Waals surface area contributed by atoms with Crippen LogP contribution in [-0.4, -0.2) is 17.7 Å². The van der Waals surface area contributed by atoms with E-state index in [1.807, 2.05) is 0 Å². The molecule has 1 aromatic rings. The predicted octanol–water partition coefficient (Wildman–Crippen LogP) is 3.96. The van der Waals surface area contributed by atoms with E-state index in [0.29, 0.717) is 18.3 Å². The highest BCUT2D eigenvalue weighted by Crippen LogP contribution is 2.24. The number of hydrogen-bond acceptors (Lipinski definition) is 2. The van der Waals surface area contributed by atoms with Gasteiger partial charge in [0.05, 0.1) is 6.61 Å². The van der Waals surface area contributed by atoms with Gasteiger partial charge in [0.2, 0.25) is 0 Å². The first-order valence-electron chi connectivity index (χ1n) is 5.74. The first-order valence-corrected chi connectivity index (χ1v) is 6.53. The molecule has 94 valence electrons. The summed E-state index contributed by atoms with van der Waals surface area (Å²) < 4.78 is 6.34. The minimum Gasteiger partial charge on any atom is -0.492 e. The zero-order chi connectivity index (χ0) is 12.8. The minimum atomic E-state index is -0.967. The van der Waals surface area contributed by atoms with Crippen molar-refractivity contribution in [2.24, 2.45) is 5.92 Å². The molecule has 0 saturated carbocycles. The van der Waals surface area contributed by atoms with Gasteiger partial charge in [-0.2, -0.15) is 0 Å². The molecule has 0 aliphatic heterocycles. The van der Waals surface area contributed by atoms with E-state index in [2.05, 4.69) is 29.8 Å². The van der Waals surface area contributed by atoms with Gasteiger partial charge in [-0.25, -0.2) is 4.79 Å². The number of rotatable bonds is 6. The molecule has 0 radical (unpaired) electrons. The number of ether oxygens (including phenoxy) is 1. The van der Waals surface area contributed by atoms with E-state index in [1.54, 1.807) is 18.2 Å². The lowest BCUT2D eigenvalue weighted by Crippen LogP contribution is -2.12. The minimum absolute atomic E-state index is 0.199. The maximum Gasteiger partial charge on any atom is 0.339 e. The summed E-state index contributed by atoms with van der Waals surface area (Å²) in [6, 6.07) is 5.04. The molecule has 0 atom stereocenters. The van der Waals surface area contributed by atoms with Gasteiger partial charge in [0, 0.05) is 4.47 Å². The van der Waals surface area contributed by atoms with Gasteiger partial charge in [-0.3, -0.25) is 0 Å². The number of carboxylic acids is 1. The highest BCUT2D eigenvalue weighted by atomic mass is 79.9. The summed E-state index contributed by atoms with van der Waals surface area (Å²) in [6.45, 7) is 4.78. The molecule has 1 rings (SSSR count). The fourth-order valence-corrected chi connectivity index (χ4v) is 1.89. The number of aromatic carboxylic acids is 1. The molecule has 0 unspecified atom stereocenters. The smallest absolute Gasteiger partial charge is 0.339 e. The molecule has 0 aliphatic rings. The molecule has 0 fully saturated rings. The van der Waals surface area contributed by atoms with Crippen LogP contribution in [0, 0.1) is 5.92 Å². The van der Waals surface area contributed by atoms with Crippen molar-refractivity contribution < 1.29 is 14.6 Å². The Morgan fingerprint density at radius 3 is 2.59 bits per heavy atom. The largest absolute Gasteiger partial charge is 0.492 e. The van der Waals surface area contributed by atoms with Gasteiger partial charge in [0.1, 0.15) is 11.3 Å². The molecule has 0 bridgehead atoms. The zero-order valence-corrected chi connectivity index (χ0v) is 11.7. The first kappa shape index (κ1) is 14.0. The third kappa shape index (κ3) is 4.04. The van der Waals surface area contributed by atoms with E-state index < -0.39 is 5.97 Å². The van der Waals surface area contributed by atoms with Gasteiger partial charge in [-0.05, 0) is 24.1 Å². The monoisotopic (exact) mass is 300 g/mol. The van der Waals surface area contributed by atoms with Gasteiger partial charge < -0.3 is 9.84 Å². The van der Waals surface area contributed by atoms with Crippen LogP contribution in [0.5, 0.6) is 5.75 Å². The predicted molar refractivity (Wildman–Crippen MR) is 70.7 cm³/mol. The van der Waals surface area contributed by atoms with Gasteiger partial charge in [0.25, 0.3) is 0 Å². The van der Waals surface area contributed by atoms with Crippen molar-refractivity contribution >= 4 is 21.9 Å². The molecule has 1 N–H and O–H groups in total. The Balaban J connectivity index is 2.80. The van der Waals surface area contributed by atoms with E-state index in [1.165, 1.54) is 0 Å². The van der Waals surface area contributed by atoms with E-state index in [0.717, 1.165) is 17.3 Å². The normalized spacial score (nSPS) is 10.6. The summed E-state index contributed by atoms with van der Waals surface area (Å²) >= 11 is 3.25. The fraction of sp³-hybridized carbons (Fsp3) is 0.462. The standard InChI is InChI=1S/C13H17BrO3/c1-3-9(4-2)8-17-12-6-5-10(14)7-11(12)13(15)16/h5-7,9H,3-4,8H2,1-2H3,(H,15,16). The Morgan fingerprint density at radius 2 is 2.06 bits per heavy atom. The van der Waals surface area contributed by atoms with Crippen LogP contribution >= 0.6 is 15.9 Å². The van der Waals surface area contributed by atoms with E-state index in [9.17, 15) is 4.79 Å². The molecule has 0 aromatic heterocycles. The van der Waals surface area contributed by atoms with Crippen LogP contribution in [0.1, 0.15) is 37.0 Å². The van der Waals surface area contributed by atoms with Gasteiger partial charge >= 0.3 is 5.97 Å². The van der Waals surface area contributed by atoms with Crippen LogP contribution in [0.25, 0.3) is 0 Å². The lowest BCUT2D eigenvalue weighted by atomic mass is 10.1. The summed E-state index contributed by atoms with van der Waals surface area (Å²) in [4.78, 5) is 11.1. The van der Waals surface area contributed by atoms with Gasteiger partial charge in [0.15, 0.2) is 0 Å². The quantitative estimate of drug-likeness (QED) is 0.865. The average molecular weight is 301 g/mol. The molecule has 3 nitrogen and oxygen atoms in total. The maximum absolute atomic E-state index is 11.1. The molecule has 1 aromatic carbocycles. The fourth-order valence-electron chi connectivity index (χ4n) is 1.53. The second-order valence-electron chi connectivity index (χ2n) is 3.94. The zero-order valence-electron chi connectivity index (χ0n) is 10.1. The molecule has 0 heterocycles. The molecule has 4 heteroatoms. The van der Waals surface area contributed by atoms with Crippen LogP contribution in [-0.2, 0) is 0 Å². The van der Waals surface area contributed by atoms with Crippen molar-refractivity contribution in [1.29, 1.82) is 0 Å².